The van der Waals surface area contributed by atoms with Crippen LogP contribution in [0.1, 0.15) is 31.4 Å². The minimum Gasteiger partial charge on any atom is -0.480 e. The van der Waals surface area contributed by atoms with Crippen LogP contribution < -0.4 is 16.4 Å². The van der Waals surface area contributed by atoms with Crippen LogP contribution in [0.4, 0.5) is 0 Å². The SMILES string of the molecule is CC[C@H](C)[C@@H](C(=O)NCC(=O)O)N(Cc1ccccc1)C(=O)[C@@H](CS)NC(=O)C(N)Cc1ccccc1. The summed E-state index contributed by atoms with van der Waals surface area (Å²) in [5.41, 5.74) is 7.78. The molecule has 0 bridgehead atoms. The van der Waals surface area contributed by atoms with Crippen molar-refractivity contribution >= 4 is 36.3 Å². The summed E-state index contributed by atoms with van der Waals surface area (Å²) in [5.74, 6) is -3.09. The summed E-state index contributed by atoms with van der Waals surface area (Å²) in [5, 5.41) is 14.1. The van der Waals surface area contributed by atoms with Gasteiger partial charge in [-0.3, -0.25) is 19.2 Å². The lowest BCUT2D eigenvalue weighted by Gasteiger charge is -2.36. The molecule has 0 radical (unpaired) electrons. The first-order valence-corrected chi connectivity index (χ1v) is 12.9. The highest BCUT2D eigenvalue weighted by Gasteiger charge is 2.37. The van der Waals surface area contributed by atoms with E-state index in [1.54, 1.807) is 0 Å². The number of benzene rings is 2. The molecule has 2 aromatic carbocycles. The maximum atomic E-state index is 13.8. The topological polar surface area (TPSA) is 142 Å². The highest BCUT2D eigenvalue weighted by atomic mass is 32.1. The summed E-state index contributed by atoms with van der Waals surface area (Å²) < 4.78 is 0. The number of nitrogens with zero attached hydrogens (tertiary/aromatic N) is 1. The van der Waals surface area contributed by atoms with Gasteiger partial charge in [-0.25, -0.2) is 0 Å². The van der Waals surface area contributed by atoms with E-state index < -0.39 is 48.4 Å². The Morgan fingerprint density at radius 1 is 0.973 bits per heavy atom. The second-order valence-electron chi connectivity index (χ2n) is 8.93. The van der Waals surface area contributed by atoms with Gasteiger partial charge in [0, 0.05) is 12.3 Å². The van der Waals surface area contributed by atoms with Crippen molar-refractivity contribution in [1.29, 1.82) is 0 Å². The predicted octanol–water partition coefficient (Wildman–Crippen LogP) is 1.62. The molecule has 5 N–H and O–H groups in total. The smallest absolute Gasteiger partial charge is 0.322 e. The zero-order chi connectivity index (χ0) is 27.4. The minimum absolute atomic E-state index is 0.0160. The Hall–Kier alpha value is -3.37. The van der Waals surface area contributed by atoms with Gasteiger partial charge in [0.25, 0.3) is 0 Å². The molecule has 2 rings (SSSR count). The molecule has 0 aromatic heterocycles. The number of carbonyl (C=O) groups excluding carboxylic acids is 3. The Morgan fingerprint density at radius 3 is 2.05 bits per heavy atom. The van der Waals surface area contributed by atoms with Gasteiger partial charge in [-0.15, -0.1) is 0 Å². The van der Waals surface area contributed by atoms with E-state index in [2.05, 4.69) is 23.3 Å². The lowest BCUT2D eigenvalue weighted by Crippen LogP contribution is -2.59. The van der Waals surface area contributed by atoms with Gasteiger partial charge >= 0.3 is 5.97 Å². The van der Waals surface area contributed by atoms with Crippen LogP contribution in [0.2, 0.25) is 0 Å². The van der Waals surface area contributed by atoms with Crippen LogP contribution in [0.3, 0.4) is 0 Å². The molecule has 4 atom stereocenters. The molecule has 3 amide bonds. The standard InChI is InChI=1S/C27H36N4O5S/c1-3-18(2)24(26(35)29-15-23(32)33)31(16-20-12-8-5-9-13-20)27(36)22(17-37)30-25(34)21(28)14-19-10-6-4-7-11-19/h4-13,18,21-22,24,37H,3,14-17,28H2,1-2H3,(H,29,35)(H,30,34)(H,32,33)/t18-,21?,22+,24-/m0/s1. The molecule has 0 aliphatic carbocycles. The van der Waals surface area contributed by atoms with Crippen LogP contribution in [-0.2, 0) is 32.1 Å². The molecule has 10 heteroatoms. The predicted molar refractivity (Wildman–Crippen MR) is 145 cm³/mol. The minimum atomic E-state index is -1.19. The van der Waals surface area contributed by atoms with Crippen molar-refractivity contribution in [2.45, 2.75) is 51.4 Å². The van der Waals surface area contributed by atoms with Crippen LogP contribution in [0.15, 0.2) is 60.7 Å². The molecule has 0 heterocycles. The zero-order valence-electron chi connectivity index (χ0n) is 21.2. The van der Waals surface area contributed by atoms with Crippen LogP contribution in [-0.4, -0.2) is 64.1 Å². The van der Waals surface area contributed by atoms with Crippen LogP contribution >= 0.6 is 12.6 Å². The Labute approximate surface area is 223 Å². The molecule has 0 spiro atoms. The van der Waals surface area contributed by atoms with E-state index >= 15 is 0 Å². The average Bonchev–Trinajstić information content (AvgIpc) is 2.90. The van der Waals surface area contributed by atoms with E-state index in [1.807, 2.05) is 74.5 Å². The first-order valence-electron chi connectivity index (χ1n) is 12.2. The molecule has 9 nitrogen and oxygen atoms in total. The van der Waals surface area contributed by atoms with Crippen LogP contribution in [0, 0.1) is 5.92 Å². The van der Waals surface area contributed by atoms with Crippen molar-refractivity contribution in [3.05, 3.63) is 71.8 Å². The molecule has 1 unspecified atom stereocenters. The van der Waals surface area contributed by atoms with Crippen LogP contribution in [0.5, 0.6) is 0 Å². The molecule has 200 valence electrons. The van der Waals surface area contributed by atoms with Crippen LogP contribution in [0.25, 0.3) is 0 Å². The fourth-order valence-electron chi connectivity index (χ4n) is 3.92. The number of thiol groups is 1. The first kappa shape index (κ1) is 29.9. The molecule has 0 saturated heterocycles. The maximum absolute atomic E-state index is 13.8. The molecule has 2 aromatic rings. The van der Waals surface area contributed by atoms with E-state index in [0.717, 1.165) is 11.1 Å². The number of nitrogens with one attached hydrogen (secondary N) is 2. The Kier molecular flexibility index (Phi) is 12.1. The normalized spacial score (nSPS) is 14.1. The van der Waals surface area contributed by atoms with Gasteiger partial charge in [0.15, 0.2) is 0 Å². The molecule has 37 heavy (non-hydrogen) atoms. The Bertz CT molecular complexity index is 1040. The second kappa shape index (κ2) is 15.0. The summed E-state index contributed by atoms with van der Waals surface area (Å²) in [6.45, 7) is 3.22. The van der Waals surface area contributed by atoms with Gasteiger partial charge in [0.05, 0.1) is 6.04 Å². The molecular formula is C27H36N4O5S. The molecule has 0 aliphatic heterocycles. The van der Waals surface area contributed by atoms with Gasteiger partial charge in [-0.1, -0.05) is 80.9 Å². The number of hydrogen-bond donors (Lipinski definition) is 5. The number of carboxylic acids is 1. The number of hydrogen-bond acceptors (Lipinski definition) is 6. The van der Waals surface area contributed by atoms with Gasteiger partial charge in [0.2, 0.25) is 17.7 Å². The third-order valence-electron chi connectivity index (χ3n) is 6.11. The van der Waals surface area contributed by atoms with Crippen molar-refractivity contribution in [3.63, 3.8) is 0 Å². The Morgan fingerprint density at radius 2 is 1.54 bits per heavy atom. The number of carbonyl (C=O) groups is 4. The number of carboxylic acid groups (broad SMARTS) is 1. The summed E-state index contributed by atoms with van der Waals surface area (Å²) in [6.07, 6.45) is 0.852. The fourth-order valence-corrected chi connectivity index (χ4v) is 4.16. The van der Waals surface area contributed by atoms with Crippen molar-refractivity contribution in [2.75, 3.05) is 12.3 Å². The van der Waals surface area contributed by atoms with Gasteiger partial charge in [-0.2, -0.15) is 12.6 Å². The zero-order valence-corrected chi connectivity index (χ0v) is 22.1. The van der Waals surface area contributed by atoms with E-state index in [0.29, 0.717) is 12.8 Å². The molecule has 0 saturated carbocycles. The third kappa shape index (κ3) is 9.22. The largest absolute Gasteiger partial charge is 0.480 e. The third-order valence-corrected chi connectivity index (χ3v) is 6.48. The number of aliphatic carboxylic acids is 1. The number of rotatable bonds is 14. The molecular weight excluding hydrogens is 492 g/mol. The van der Waals surface area contributed by atoms with E-state index in [1.165, 1.54) is 4.90 Å². The van der Waals surface area contributed by atoms with Crippen molar-refractivity contribution in [2.24, 2.45) is 11.7 Å². The monoisotopic (exact) mass is 528 g/mol. The summed E-state index contributed by atoms with van der Waals surface area (Å²) in [7, 11) is 0. The van der Waals surface area contributed by atoms with E-state index in [-0.39, 0.29) is 18.2 Å². The van der Waals surface area contributed by atoms with Gasteiger partial charge in [-0.05, 0) is 23.5 Å². The molecule has 0 fully saturated rings. The van der Waals surface area contributed by atoms with Gasteiger partial charge < -0.3 is 26.4 Å². The van der Waals surface area contributed by atoms with Gasteiger partial charge in [0.1, 0.15) is 18.6 Å². The first-order chi connectivity index (χ1) is 17.7. The average molecular weight is 529 g/mol. The Balaban J connectivity index is 2.31. The van der Waals surface area contributed by atoms with E-state index in [9.17, 15) is 19.2 Å². The lowest BCUT2D eigenvalue weighted by atomic mass is 9.95. The summed E-state index contributed by atoms with van der Waals surface area (Å²) >= 11 is 4.30. The fraction of sp³-hybridized carbons (Fsp3) is 0.407. The highest BCUT2D eigenvalue weighted by Crippen LogP contribution is 2.20. The summed E-state index contributed by atoms with van der Waals surface area (Å²) in [4.78, 5) is 52.3. The number of nitrogens with two attached hydrogens (primary N) is 1. The highest BCUT2D eigenvalue weighted by molar-refractivity contribution is 7.80. The summed E-state index contributed by atoms with van der Waals surface area (Å²) in [6, 6.07) is 15.5. The lowest BCUT2D eigenvalue weighted by molar-refractivity contribution is -0.146. The molecule has 0 aliphatic rings. The van der Waals surface area contributed by atoms with Crippen molar-refractivity contribution in [1.82, 2.24) is 15.5 Å². The quantitative estimate of drug-likeness (QED) is 0.236. The number of amides is 3. The maximum Gasteiger partial charge on any atom is 0.322 e. The van der Waals surface area contributed by atoms with Crippen molar-refractivity contribution in [3.8, 4) is 0 Å². The second-order valence-corrected chi connectivity index (χ2v) is 9.30. The van der Waals surface area contributed by atoms with E-state index in [4.69, 9.17) is 10.8 Å². The van der Waals surface area contributed by atoms with Crippen molar-refractivity contribution < 1.29 is 24.3 Å².